The Balaban J connectivity index is 0.000000573. The van der Waals surface area contributed by atoms with E-state index in [9.17, 15) is 0 Å². The fraction of sp³-hybridized carbons (Fsp3) is 0.529. The highest BCUT2D eigenvalue weighted by atomic mass is 35.5. The first-order chi connectivity index (χ1) is 9.06. The molecule has 0 bridgehead atoms. The molecule has 1 fully saturated rings. The Hall–Kier alpha value is -0.970. The van der Waals surface area contributed by atoms with Crippen molar-refractivity contribution in [3.8, 4) is 12.8 Å². The van der Waals surface area contributed by atoms with Crippen molar-refractivity contribution in [3.63, 3.8) is 0 Å². The van der Waals surface area contributed by atoms with Gasteiger partial charge in [-0.15, -0.1) is 12.8 Å². The molecule has 0 radical (unpaired) electrons. The van der Waals surface area contributed by atoms with E-state index in [1.54, 1.807) is 0 Å². The Morgan fingerprint density at radius 1 is 1.21 bits per heavy atom. The van der Waals surface area contributed by atoms with Crippen molar-refractivity contribution in [2.75, 3.05) is 0 Å². The van der Waals surface area contributed by atoms with Crippen molar-refractivity contribution in [2.24, 2.45) is 5.73 Å². The average Bonchev–Trinajstić information content (AvgIpc) is 2.33. The number of halogens is 1. The van der Waals surface area contributed by atoms with Crippen LogP contribution in [0.2, 0.25) is 5.02 Å². The predicted octanol–water partition coefficient (Wildman–Crippen LogP) is 4.77. The second-order valence-corrected chi connectivity index (χ2v) is 5.45. The highest BCUT2D eigenvalue weighted by molar-refractivity contribution is 6.30. The molecule has 1 unspecified atom stereocenters. The monoisotopic (exact) mass is 279 g/mol. The third-order valence-electron chi connectivity index (χ3n) is 3.54. The van der Waals surface area contributed by atoms with Crippen LogP contribution in [0.4, 0.5) is 0 Å². The Morgan fingerprint density at radius 2 is 1.63 bits per heavy atom. The molecule has 1 nitrogen and oxygen atoms in total. The first-order valence-electron chi connectivity index (χ1n) is 6.91. The fourth-order valence-electron chi connectivity index (χ4n) is 2.35. The maximum absolute atomic E-state index is 6.07. The van der Waals surface area contributed by atoms with E-state index >= 15 is 0 Å². The molecule has 1 aromatic carbocycles. The average molecular weight is 280 g/mol. The van der Waals surface area contributed by atoms with Gasteiger partial charge in [0.25, 0.3) is 0 Å². The summed E-state index contributed by atoms with van der Waals surface area (Å²) in [5.41, 5.74) is 7.65. The van der Waals surface area contributed by atoms with Crippen LogP contribution in [0.3, 0.4) is 0 Å². The van der Waals surface area contributed by atoms with E-state index in [2.05, 4.69) is 45.8 Å². The molecule has 1 atom stereocenters. The largest absolute Gasteiger partial charge is 0.327 e. The smallest absolute Gasteiger partial charge is 0.0406 e. The maximum Gasteiger partial charge on any atom is 0.0406 e. The van der Waals surface area contributed by atoms with Crippen molar-refractivity contribution in [1.29, 1.82) is 0 Å². The molecule has 0 spiro atoms. The van der Waals surface area contributed by atoms with Crippen LogP contribution in [0.5, 0.6) is 0 Å². The fourth-order valence-corrected chi connectivity index (χ4v) is 2.47. The van der Waals surface area contributed by atoms with Crippen LogP contribution in [0, 0.1) is 12.8 Å². The molecule has 2 rings (SSSR count). The molecule has 1 aromatic rings. The quantitative estimate of drug-likeness (QED) is 0.775. The van der Waals surface area contributed by atoms with Crippen molar-refractivity contribution < 1.29 is 0 Å². The maximum atomic E-state index is 6.07. The van der Waals surface area contributed by atoms with Gasteiger partial charge in [0.2, 0.25) is 0 Å². The summed E-state index contributed by atoms with van der Waals surface area (Å²) in [4.78, 5) is 0. The van der Waals surface area contributed by atoms with Gasteiger partial charge in [0.15, 0.2) is 0 Å². The number of nitrogens with two attached hydrogens (primary N) is 1. The summed E-state index contributed by atoms with van der Waals surface area (Å²) in [7, 11) is 0. The van der Waals surface area contributed by atoms with E-state index in [1.165, 1.54) is 31.2 Å². The lowest BCUT2D eigenvalue weighted by Gasteiger charge is -2.45. The molecule has 0 heterocycles. The SMILES string of the molecule is C#C.CC(N)C1(c2ccc(Cl)cc2)CCC1.CCC. The van der Waals surface area contributed by atoms with Crippen LogP contribution in [0.15, 0.2) is 24.3 Å². The second-order valence-electron chi connectivity index (χ2n) is 5.01. The zero-order valence-electron chi connectivity index (χ0n) is 12.3. The summed E-state index contributed by atoms with van der Waals surface area (Å²) in [5, 5.41) is 0.799. The van der Waals surface area contributed by atoms with Crippen molar-refractivity contribution in [1.82, 2.24) is 0 Å². The van der Waals surface area contributed by atoms with E-state index in [0.717, 1.165) is 5.02 Å². The van der Waals surface area contributed by atoms with Crippen LogP contribution >= 0.6 is 11.6 Å². The number of hydrogen-bond acceptors (Lipinski definition) is 1. The molecular weight excluding hydrogens is 254 g/mol. The summed E-state index contributed by atoms with van der Waals surface area (Å²) in [6, 6.07) is 8.38. The highest BCUT2D eigenvalue weighted by Gasteiger charge is 2.41. The lowest BCUT2D eigenvalue weighted by atomic mass is 9.61. The van der Waals surface area contributed by atoms with Gasteiger partial charge in [-0.2, -0.15) is 0 Å². The van der Waals surface area contributed by atoms with Crippen LogP contribution in [-0.2, 0) is 5.41 Å². The summed E-state index contributed by atoms with van der Waals surface area (Å²) >= 11 is 5.87. The van der Waals surface area contributed by atoms with E-state index in [1.807, 2.05) is 12.1 Å². The van der Waals surface area contributed by atoms with E-state index in [0.29, 0.717) is 0 Å². The molecule has 19 heavy (non-hydrogen) atoms. The molecule has 0 aliphatic heterocycles. The van der Waals surface area contributed by atoms with Crippen molar-refractivity contribution in [2.45, 2.75) is 57.9 Å². The van der Waals surface area contributed by atoms with Gasteiger partial charge >= 0.3 is 0 Å². The van der Waals surface area contributed by atoms with Crippen LogP contribution in [0.1, 0.15) is 52.0 Å². The van der Waals surface area contributed by atoms with E-state index < -0.39 is 0 Å². The first kappa shape index (κ1) is 18.0. The molecule has 2 heteroatoms. The van der Waals surface area contributed by atoms with Gasteiger partial charge in [-0.1, -0.05) is 50.4 Å². The summed E-state index contributed by atoms with van der Waals surface area (Å²) in [6.45, 7) is 6.35. The molecule has 0 saturated heterocycles. The predicted molar refractivity (Wildman–Crippen MR) is 86.5 cm³/mol. The minimum Gasteiger partial charge on any atom is -0.327 e. The van der Waals surface area contributed by atoms with Gasteiger partial charge < -0.3 is 5.73 Å². The van der Waals surface area contributed by atoms with Crippen molar-refractivity contribution >= 4 is 11.6 Å². The van der Waals surface area contributed by atoms with Crippen LogP contribution < -0.4 is 5.73 Å². The summed E-state index contributed by atoms with van der Waals surface area (Å²) in [5.74, 6) is 0. The standard InChI is InChI=1S/C12H16ClN.C3H8.C2H2/c1-9(14)12(7-2-8-12)10-3-5-11(13)6-4-10;1-3-2;1-2/h3-6,9H,2,7-8,14H2,1H3;3H2,1-2H3;1-2H. The highest BCUT2D eigenvalue weighted by Crippen LogP contribution is 2.45. The minimum absolute atomic E-state index is 0.227. The Bertz CT molecular complexity index is 361. The topological polar surface area (TPSA) is 26.0 Å². The molecule has 0 amide bonds. The Labute approximate surface area is 123 Å². The van der Waals surface area contributed by atoms with E-state index in [-0.39, 0.29) is 11.5 Å². The van der Waals surface area contributed by atoms with Gasteiger partial charge in [0.05, 0.1) is 0 Å². The molecule has 106 valence electrons. The van der Waals surface area contributed by atoms with E-state index in [4.69, 9.17) is 17.3 Å². The number of hydrogen-bond donors (Lipinski definition) is 1. The lowest BCUT2D eigenvalue weighted by molar-refractivity contribution is 0.205. The molecular formula is C17H26ClN. The summed E-state index contributed by atoms with van der Waals surface area (Å²) in [6.07, 6.45) is 13.0. The first-order valence-corrected chi connectivity index (χ1v) is 7.29. The molecule has 1 aliphatic rings. The lowest BCUT2D eigenvalue weighted by Crippen LogP contribution is -2.48. The molecule has 2 N–H and O–H groups in total. The van der Waals surface area contributed by atoms with Crippen LogP contribution in [-0.4, -0.2) is 6.04 Å². The molecule has 0 aromatic heterocycles. The second kappa shape index (κ2) is 9.02. The zero-order chi connectivity index (χ0) is 14.9. The van der Waals surface area contributed by atoms with Gasteiger partial charge in [-0.3, -0.25) is 0 Å². The van der Waals surface area contributed by atoms with Gasteiger partial charge in [-0.25, -0.2) is 0 Å². The normalized spacial score (nSPS) is 16.8. The van der Waals surface area contributed by atoms with Crippen LogP contribution in [0.25, 0.3) is 0 Å². The molecule has 1 saturated carbocycles. The Kier molecular flexibility index (Phi) is 8.56. The van der Waals surface area contributed by atoms with Gasteiger partial charge in [-0.05, 0) is 37.5 Å². The third-order valence-corrected chi connectivity index (χ3v) is 3.79. The summed E-state index contributed by atoms with van der Waals surface area (Å²) < 4.78 is 0. The zero-order valence-corrected chi connectivity index (χ0v) is 13.1. The van der Waals surface area contributed by atoms with Crippen molar-refractivity contribution in [3.05, 3.63) is 34.9 Å². The minimum atomic E-state index is 0.227. The number of terminal acetylenes is 1. The number of rotatable bonds is 2. The number of benzene rings is 1. The molecule has 1 aliphatic carbocycles. The van der Waals surface area contributed by atoms with Gasteiger partial charge in [0.1, 0.15) is 0 Å². The van der Waals surface area contributed by atoms with Gasteiger partial charge in [0, 0.05) is 16.5 Å². The Morgan fingerprint density at radius 3 is 1.89 bits per heavy atom. The third kappa shape index (κ3) is 4.56.